The first-order valence-corrected chi connectivity index (χ1v) is 19.4. The lowest BCUT2D eigenvalue weighted by Crippen LogP contribution is -2.51. The Morgan fingerprint density at radius 3 is 1.47 bits per heavy atom. The van der Waals surface area contributed by atoms with Crippen molar-refractivity contribution in [2.45, 2.75) is 32.1 Å². The number of methoxy groups -OCH3 is 2. The van der Waals surface area contributed by atoms with E-state index in [1.807, 2.05) is 0 Å². The summed E-state index contributed by atoms with van der Waals surface area (Å²) in [5.41, 5.74) is 2.34. The van der Waals surface area contributed by atoms with Crippen LogP contribution in [0.15, 0.2) is 58.3 Å². The molecule has 3 aliphatic rings. The van der Waals surface area contributed by atoms with E-state index in [0.717, 1.165) is 17.5 Å². The SMILES string of the molecule is COC(=O)c1ccc(C=C2SC(=S)N(CCCCCC(=O)N3CCN(C(=O)CCN4C(=O)C(=Cc5ccc(C(=O)OC)cc5)SC4=S)CC3)C2=O)cc1. The number of hydrogen-bond donors (Lipinski definition) is 0. The second-order valence-electron chi connectivity index (χ2n) is 12.2. The van der Waals surface area contributed by atoms with E-state index in [4.69, 9.17) is 33.9 Å². The van der Waals surface area contributed by atoms with Crippen LogP contribution in [0.4, 0.5) is 0 Å². The quantitative estimate of drug-likeness (QED) is 0.117. The van der Waals surface area contributed by atoms with Gasteiger partial charge in [-0.05, 0) is 60.4 Å². The molecule has 16 heteroatoms. The van der Waals surface area contributed by atoms with Crippen LogP contribution in [0.25, 0.3) is 12.2 Å². The van der Waals surface area contributed by atoms with E-state index >= 15 is 0 Å². The molecule has 0 spiro atoms. The fourth-order valence-electron chi connectivity index (χ4n) is 5.81. The highest BCUT2D eigenvalue weighted by Gasteiger charge is 2.34. The summed E-state index contributed by atoms with van der Waals surface area (Å²) in [6.07, 6.45) is 6.08. The van der Waals surface area contributed by atoms with Crippen LogP contribution in [0.1, 0.15) is 63.9 Å². The summed E-state index contributed by atoms with van der Waals surface area (Å²) in [6.45, 7) is 2.35. The summed E-state index contributed by atoms with van der Waals surface area (Å²) in [5, 5.41) is 0. The Labute approximate surface area is 326 Å². The van der Waals surface area contributed by atoms with Gasteiger partial charge in [-0.3, -0.25) is 29.0 Å². The molecule has 278 valence electrons. The van der Waals surface area contributed by atoms with Gasteiger partial charge in [-0.1, -0.05) is 78.6 Å². The van der Waals surface area contributed by atoms with Gasteiger partial charge >= 0.3 is 11.9 Å². The van der Waals surface area contributed by atoms with Crippen molar-refractivity contribution in [2.24, 2.45) is 0 Å². The highest BCUT2D eigenvalue weighted by molar-refractivity contribution is 8.27. The molecular weight excluding hydrogens is 757 g/mol. The molecular formula is C37H38N4O8S4. The third-order valence-corrected chi connectivity index (χ3v) is 11.6. The summed E-state index contributed by atoms with van der Waals surface area (Å²) in [6, 6.07) is 13.4. The van der Waals surface area contributed by atoms with Crippen molar-refractivity contribution in [2.75, 3.05) is 53.5 Å². The highest BCUT2D eigenvalue weighted by Crippen LogP contribution is 2.34. The van der Waals surface area contributed by atoms with Gasteiger partial charge in [0.25, 0.3) is 11.8 Å². The molecule has 0 unspecified atom stereocenters. The molecule has 0 N–H and O–H groups in total. The molecule has 12 nitrogen and oxygen atoms in total. The lowest BCUT2D eigenvalue weighted by Gasteiger charge is -2.35. The number of carbonyl (C=O) groups is 6. The lowest BCUT2D eigenvalue weighted by molar-refractivity contribution is -0.140. The number of piperazine rings is 1. The Balaban J connectivity index is 0.982. The number of hydrogen-bond acceptors (Lipinski definition) is 12. The summed E-state index contributed by atoms with van der Waals surface area (Å²) < 4.78 is 10.3. The number of nitrogens with zero attached hydrogens (tertiary/aromatic N) is 4. The first-order valence-electron chi connectivity index (χ1n) is 16.9. The van der Waals surface area contributed by atoms with E-state index in [1.54, 1.807) is 75.4 Å². The van der Waals surface area contributed by atoms with Crippen molar-refractivity contribution in [3.8, 4) is 0 Å². The predicted molar refractivity (Wildman–Crippen MR) is 212 cm³/mol. The number of thiocarbonyl (C=S) groups is 2. The molecule has 4 amide bonds. The molecule has 2 aromatic carbocycles. The van der Waals surface area contributed by atoms with Crippen LogP contribution in [0.5, 0.6) is 0 Å². The lowest BCUT2D eigenvalue weighted by atomic mass is 10.1. The number of rotatable bonds is 13. The van der Waals surface area contributed by atoms with E-state index in [2.05, 4.69) is 0 Å². The van der Waals surface area contributed by atoms with Gasteiger partial charge in [0.2, 0.25) is 11.8 Å². The molecule has 3 aliphatic heterocycles. The van der Waals surface area contributed by atoms with Crippen LogP contribution in [0, 0.1) is 0 Å². The molecule has 3 saturated heterocycles. The molecule has 2 aromatic rings. The molecule has 0 bridgehead atoms. The van der Waals surface area contributed by atoms with E-state index in [-0.39, 0.29) is 36.6 Å². The van der Waals surface area contributed by atoms with Gasteiger partial charge in [0.15, 0.2) is 0 Å². The summed E-state index contributed by atoms with van der Waals surface area (Å²) in [4.78, 5) is 82.8. The Bertz CT molecular complexity index is 1850. The van der Waals surface area contributed by atoms with Crippen LogP contribution < -0.4 is 0 Å². The number of thioether (sulfide) groups is 2. The maximum Gasteiger partial charge on any atom is 0.337 e. The Morgan fingerprint density at radius 2 is 1.04 bits per heavy atom. The average molecular weight is 795 g/mol. The van der Waals surface area contributed by atoms with E-state index in [9.17, 15) is 28.8 Å². The van der Waals surface area contributed by atoms with E-state index in [1.165, 1.54) is 42.6 Å². The van der Waals surface area contributed by atoms with Crippen molar-refractivity contribution >= 4 is 104 Å². The van der Waals surface area contributed by atoms with Crippen molar-refractivity contribution in [1.29, 1.82) is 0 Å². The minimum Gasteiger partial charge on any atom is -0.465 e. The maximum atomic E-state index is 13.0. The standard InChI is InChI=1S/C37H38N4O8S4/c1-48-34(46)26-11-7-24(8-12-26)22-28-32(44)40(36(50)52-28)16-5-3-4-6-30(42)38-18-20-39(21-19-38)31(43)15-17-41-33(45)29(53-37(41)51)23-25-9-13-27(14-10-25)35(47)49-2/h7-14,22-23H,3-6,15-21H2,1-2H3. The minimum absolute atomic E-state index is 0.0353. The van der Waals surface area contributed by atoms with Crippen LogP contribution in [0.3, 0.4) is 0 Å². The van der Waals surface area contributed by atoms with Gasteiger partial charge in [0, 0.05) is 52.1 Å². The highest BCUT2D eigenvalue weighted by atomic mass is 32.2. The molecule has 0 aliphatic carbocycles. The van der Waals surface area contributed by atoms with Gasteiger partial charge in [-0.15, -0.1) is 0 Å². The largest absolute Gasteiger partial charge is 0.465 e. The number of esters is 2. The summed E-state index contributed by atoms with van der Waals surface area (Å²) >= 11 is 13.3. The van der Waals surface area contributed by atoms with Crippen LogP contribution >= 0.6 is 48.0 Å². The molecule has 0 aromatic heterocycles. The van der Waals surface area contributed by atoms with E-state index in [0.29, 0.717) is 81.6 Å². The topological polar surface area (TPSA) is 134 Å². The van der Waals surface area contributed by atoms with Gasteiger partial charge in [0.05, 0.1) is 35.2 Å². The van der Waals surface area contributed by atoms with Gasteiger partial charge in [-0.2, -0.15) is 0 Å². The van der Waals surface area contributed by atoms with Crippen molar-refractivity contribution in [3.63, 3.8) is 0 Å². The fourth-order valence-corrected chi connectivity index (χ4v) is 8.42. The van der Waals surface area contributed by atoms with Crippen LogP contribution in [-0.2, 0) is 28.7 Å². The van der Waals surface area contributed by atoms with Crippen LogP contribution in [0.2, 0.25) is 0 Å². The fraction of sp³-hybridized carbons (Fsp3) is 0.351. The second kappa shape index (κ2) is 18.6. The molecule has 5 rings (SSSR count). The second-order valence-corrected chi connectivity index (χ2v) is 15.6. The molecule has 53 heavy (non-hydrogen) atoms. The maximum absolute atomic E-state index is 13.0. The van der Waals surface area contributed by atoms with Gasteiger partial charge in [-0.25, -0.2) is 9.59 Å². The Hall–Kier alpha value is -4.38. The average Bonchev–Trinajstić information content (AvgIpc) is 3.59. The number of benzene rings is 2. The number of carbonyl (C=O) groups excluding carboxylic acids is 6. The zero-order chi connectivity index (χ0) is 38.1. The van der Waals surface area contributed by atoms with Crippen LogP contribution in [-0.4, -0.2) is 117 Å². The molecule has 0 radical (unpaired) electrons. The monoisotopic (exact) mass is 794 g/mol. The Morgan fingerprint density at radius 1 is 0.623 bits per heavy atom. The van der Waals surface area contributed by atoms with Crippen molar-refractivity contribution < 1.29 is 38.2 Å². The third kappa shape index (κ3) is 10.2. The number of ether oxygens (including phenoxy) is 2. The normalized spacial score (nSPS) is 17.7. The zero-order valence-electron chi connectivity index (χ0n) is 29.2. The molecule has 0 atom stereocenters. The molecule has 0 saturated carbocycles. The Kier molecular flexibility index (Phi) is 14.0. The van der Waals surface area contributed by atoms with Crippen molar-refractivity contribution in [3.05, 3.63) is 80.6 Å². The van der Waals surface area contributed by atoms with Crippen molar-refractivity contribution in [1.82, 2.24) is 19.6 Å². The molecule has 3 fully saturated rings. The summed E-state index contributed by atoms with van der Waals surface area (Å²) in [5.74, 6) is -1.36. The number of amides is 4. The smallest absolute Gasteiger partial charge is 0.337 e. The van der Waals surface area contributed by atoms with Gasteiger partial charge < -0.3 is 19.3 Å². The molecule has 3 heterocycles. The first kappa shape index (κ1) is 39.8. The number of unbranched alkanes of at least 4 members (excludes halogenated alkanes) is 2. The zero-order valence-corrected chi connectivity index (χ0v) is 32.5. The predicted octanol–water partition coefficient (Wildman–Crippen LogP) is 4.98. The van der Waals surface area contributed by atoms with E-state index < -0.39 is 11.9 Å². The third-order valence-electron chi connectivity index (χ3n) is 8.81. The summed E-state index contributed by atoms with van der Waals surface area (Å²) in [7, 11) is 2.63. The first-order chi connectivity index (χ1) is 25.5. The van der Waals surface area contributed by atoms with Gasteiger partial charge in [0.1, 0.15) is 8.64 Å². The minimum atomic E-state index is -0.445.